The smallest absolute Gasteiger partial charge is 0.193 e. The highest BCUT2D eigenvalue weighted by atomic mass is 32.2. The largest absolute Gasteiger partial charge is 0.357 e. The van der Waals surface area contributed by atoms with Crippen molar-refractivity contribution in [3.63, 3.8) is 0 Å². The van der Waals surface area contributed by atoms with Crippen LogP contribution < -0.4 is 5.32 Å². The summed E-state index contributed by atoms with van der Waals surface area (Å²) in [5.74, 6) is 1.90. The minimum Gasteiger partial charge on any atom is -0.357 e. The Labute approximate surface area is 160 Å². The number of unbranched alkanes of at least 4 members (excludes halogenated alkanes) is 1. The molecule has 2 heterocycles. The van der Waals surface area contributed by atoms with Gasteiger partial charge in [0.2, 0.25) is 0 Å². The number of likely N-dealkylation sites (tertiary alicyclic amines) is 1. The van der Waals surface area contributed by atoms with Crippen molar-refractivity contribution in [3.8, 4) is 0 Å². The van der Waals surface area contributed by atoms with Crippen LogP contribution in [0.3, 0.4) is 0 Å². The number of aliphatic imine (C=N–C) groups is 1. The average Bonchev–Trinajstić information content (AvgIpc) is 2.56. The lowest BCUT2D eigenvalue weighted by molar-refractivity contribution is 0.181. The van der Waals surface area contributed by atoms with Gasteiger partial charge < -0.3 is 15.1 Å². The van der Waals surface area contributed by atoms with Crippen LogP contribution in [0, 0.1) is 5.92 Å². The minimum atomic E-state index is -3.02. The van der Waals surface area contributed by atoms with E-state index in [9.17, 15) is 8.42 Å². The topological polar surface area (TPSA) is 65.0 Å². The summed E-state index contributed by atoms with van der Waals surface area (Å²) in [4.78, 5) is 9.46. The van der Waals surface area contributed by atoms with Crippen molar-refractivity contribution in [2.75, 3.05) is 51.6 Å². The first-order chi connectivity index (χ1) is 12.2. The van der Waals surface area contributed by atoms with Crippen LogP contribution in [-0.2, 0) is 9.84 Å². The normalized spacial score (nSPS) is 26.7. The zero-order valence-corrected chi connectivity index (χ0v) is 17.9. The Morgan fingerprint density at radius 1 is 1.27 bits per heavy atom. The molecule has 0 aromatic heterocycles. The summed E-state index contributed by atoms with van der Waals surface area (Å²) >= 11 is 0. The Morgan fingerprint density at radius 3 is 2.69 bits per heavy atom. The molecule has 2 fully saturated rings. The number of piperidine rings is 1. The maximum Gasteiger partial charge on any atom is 0.193 e. The number of nitrogens with zero attached hydrogens (tertiary/aromatic N) is 3. The Morgan fingerprint density at radius 2 is 2.04 bits per heavy atom. The molecule has 2 aliphatic heterocycles. The van der Waals surface area contributed by atoms with E-state index in [1.54, 1.807) is 0 Å². The first-order valence-corrected chi connectivity index (χ1v) is 11.9. The average molecular weight is 387 g/mol. The van der Waals surface area contributed by atoms with Crippen LogP contribution in [0.2, 0.25) is 0 Å². The molecule has 2 aliphatic rings. The molecule has 6 nitrogen and oxygen atoms in total. The molecular formula is C19H38N4O2S. The summed E-state index contributed by atoms with van der Waals surface area (Å²) in [7, 11) is -3.02. The molecular weight excluding hydrogens is 348 g/mol. The van der Waals surface area contributed by atoms with Crippen molar-refractivity contribution >= 4 is 15.8 Å². The molecule has 152 valence electrons. The van der Waals surface area contributed by atoms with Crippen LogP contribution in [0.25, 0.3) is 0 Å². The standard InChI is InChI=1S/C19H38N4O2S/c1-5-20-18(23-13-14-26(24,25)19(3,4)16-23)21-10-6-7-11-22-12-8-9-17(2)15-22/h17H,5-16H2,1-4H3,(H,20,21). The highest BCUT2D eigenvalue weighted by Crippen LogP contribution is 2.23. The van der Waals surface area contributed by atoms with Gasteiger partial charge in [-0.15, -0.1) is 0 Å². The second-order valence-corrected chi connectivity index (χ2v) is 11.2. The molecule has 0 radical (unpaired) electrons. The fourth-order valence-electron chi connectivity index (χ4n) is 3.87. The van der Waals surface area contributed by atoms with E-state index in [2.05, 4.69) is 29.0 Å². The molecule has 0 aliphatic carbocycles. The van der Waals surface area contributed by atoms with E-state index in [1.807, 2.05) is 13.8 Å². The maximum absolute atomic E-state index is 12.2. The number of rotatable bonds is 6. The molecule has 7 heteroatoms. The summed E-state index contributed by atoms with van der Waals surface area (Å²) in [5.41, 5.74) is 0. The second-order valence-electron chi connectivity index (χ2n) is 8.49. The van der Waals surface area contributed by atoms with Crippen LogP contribution >= 0.6 is 0 Å². The highest BCUT2D eigenvalue weighted by molar-refractivity contribution is 7.92. The fourth-order valence-corrected chi connectivity index (χ4v) is 5.24. The van der Waals surface area contributed by atoms with Crippen molar-refractivity contribution in [1.29, 1.82) is 0 Å². The number of nitrogens with one attached hydrogen (secondary N) is 1. The Bertz CT molecular complexity index is 574. The summed E-state index contributed by atoms with van der Waals surface area (Å²) < 4.78 is 23.7. The number of hydrogen-bond donors (Lipinski definition) is 1. The molecule has 1 atom stereocenters. The van der Waals surface area contributed by atoms with Gasteiger partial charge in [-0.05, 0) is 65.5 Å². The van der Waals surface area contributed by atoms with E-state index in [-0.39, 0.29) is 5.75 Å². The molecule has 2 saturated heterocycles. The van der Waals surface area contributed by atoms with Crippen molar-refractivity contribution in [2.45, 2.75) is 58.1 Å². The van der Waals surface area contributed by atoms with Gasteiger partial charge in [0.25, 0.3) is 0 Å². The predicted molar refractivity (Wildman–Crippen MR) is 109 cm³/mol. The van der Waals surface area contributed by atoms with Gasteiger partial charge in [0.1, 0.15) is 0 Å². The lowest BCUT2D eigenvalue weighted by atomic mass is 10.0. The van der Waals surface area contributed by atoms with Gasteiger partial charge in [-0.25, -0.2) is 8.42 Å². The molecule has 26 heavy (non-hydrogen) atoms. The van der Waals surface area contributed by atoms with E-state index in [1.165, 1.54) is 38.9 Å². The number of hydrogen-bond acceptors (Lipinski definition) is 4. The fraction of sp³-hybridized carbons (Fsp3) is 0.947. The van der Waals surface area contributed by atoms with Crippen LogP contribution in [0.15, 0.2) is 4.99 Å². The molecule has 0 bridgehead atoms. The molecule has 0 aromatic rings. The summed E-state index contributed by atoms with van der Waals surface area (Å²) in [6, 6.07) is 0. The first kappa shape index (κ1) is 21.5. The van der Waals surface area contributed by atoms with Crippen LogP contribution in [0.5, 0.6) is 0 Å². The van der Waals surface area contributed by atoms with Crippen molar-refractivity contribution in [1.82, 2.24) is 15.1 Å². The quantitative estimate of drug-likeness (QED) is 0.430. The molecule has 0 amide bonds. The number of sulfone groups is 1. The first-order valence-electron chi connectivity index (χ1n) is 10.2. The predicted octanol–water partition coefficient (Wildman–Crippen LogP) is 1.97. The van der Waals surface area contributed by atoms with E-state index >= 15 is 0 Å². The Kier molecular flexibility index (Phi) is 7.76. The zero-order chi connectivity index (χ0) is 19.2. The lowest BCUT2D eigenvalue weighted by Gasteiger charge is -2.39. The van der Waals surface area contributed by atoms with Gasteiger partial charge in [-0.3, -0.25) is 4.99 Å². The summed E-state index contributed by atoms with van der Waals surface area (Å²) in [6.45, 7) is 14.3. The molecule has 0 saturated carbocycles. The monoisotopic (exact) mass is 386 g/mol. The SMILES string of the molecule is CCNC(=NCCCCN1CCCC(C)C1)N1CCS(=O)(=O)C(C)(C)C1. The molecule has 0 spiro atoms. The van der Waals surface area contributed by atoms with Crippen LogP contribution in [-0.4, -0.2) is 80.5 Å². The van der Waals surface area contributed by atoms with Gasteiger partial charge in [0.15, 0.2) is 15.8 Å². The third-order valence-electron chi connectivity index (χ3n) is 5.56. The van der Waals surface area contributed by atoms with Gasteiger partial charge in [-0.1, -0.05) is 6.92 Å². The third-order valence-corrected chi connectivity index (χ3v) is 8.10. The minimum absolute atomic E-state index is 0.206. The molecule has 0 aromatic carbocycles. The maximum atomic E-state index is 12.2. The van der Waals surface area contributed by atoms with Crippen molar-refractivity contribution in [3.05, 3.63) is 0 Å². The third kappa shape index (κ3) is 5.84. The Hall–Kier alpha value is -0.820. The number of guanidine groups is 1. The lowest BCUT2D eigenvalue weighted by Crippen LogP contribution is -2.57. The summed E-state index contributed by atoms with van der Waals surface area (Å²) in [6.07, 6.45) is 4.96. The van der Waals surface area contributed by atoms with Crippen molar-refractivity contribution < 1.29 is 8.42 Å². The molecule has 2 rings (SSSR count). The van der Waals surface area contributed by atoms with Gasteiger partial charge in [-0.2, -0.15) is 0 Å². The van der Waals surface area contributed by atoms with E-state index in [0.717, 1.165) is 31.4 Å². The molecule has 1 N–H and O–H groups in total. The Balaban J connectivity index is 1.81. The highest BCUT2D eigenvalue weighted by Gasteiger charge is 2.40. The van der Waals surface area contributed by atoms with E-state index in [4.69, 9.17) is 4.99 Å². The van der Waals surface area contributed by atoms with E-state index in [0.29, 0.717) is 13.1 Å². The van der Waals surface area contributed by atoms with Crippen LogP contribution in [0.4, 0.5) is 0 Å². The second kappa shape index (κ2) is 9.40. The van der Waals surface area contributed by atoms with Crippen molar-refractivity contribution in [2.24, 2.45) is 10.9 Å². The molecule has 1 unspecified atom stereocenters. The van der Waals surface area contributed by atoms with E-state index < -0.39 is 14.6 Å². The van der Waals surface area contributed by atoms with Gasteiger partial charge in [0.05, 0.1) is 10.5 Å². The van der Waals surface area contributed by atoms with Gasteiger partial charge >= 0.3 is 0 Å². The summed E-state index contributed by atoms with van der Waals surface area (Å²) in [5, 5.41) is 3.33. The zero-order valence-electron chi connectivity index (χ0n) is 17.1. The van der Waals surface area contributed by atoms with Gasteiger partial charge in [0, 0.05) is 32.7 Å². The van der Waals surface area contributed by atoms with Crippen LogP contribution in [0.1, 0.15) is 53.4 Å².